The van der Waals surface area contributed by atoms with Crippen LogP contribution in [0.5, 0.6) is 5.75 Å². The topological polar surface area (TPSA) is 79.5 Å². The van der Waals surface area contributed by atoms with Crippen LogP contribution in [0.4, 0.5) is 17.1 Å². The molecule has 0 spiro atoms. The second-order valence-electron chi connectivity index (χ2n) is 7.08. The van der Waals surface area contributed by atoms with Crippen LogP contribution in [0, 0.1) is 6.92 Å². The van der Waals surface area contributed by atoms with Crippen molar-refractivity contribution in [2.75, 3.05) is 22.5 Å². The van der Waals surface area contributed by atoms with Gasteiger partial charge in [0.2, 0.25) is 11.8 Å². The lowest BCUT2D eigenvalue weighted by molar-refractivity contribution is -0.116. The molecule has 0 unspecified atom stereocenters. The molecular weight excluding hydrogens is 390 g/mol. The van der Waals surface area contributed by atoms with Gasteiger partial charge < -0.3 is 20.7 Å². The van der Waals surface area contributed by atoms with Crippen molar-refractivity contribution in [2.24, 2.45) is 0 Å². The van der Waals surface area contributed by atoms with Gasteiger partial charge in [-0.15, -0.1) is 0 Å². The van der Waals surface area contributed by atoms with Crippen LogP contribution >= 0.6 is 0 Å². The summed E-state index contributed by atoms with van der Waals surface area (Å²) < 4.78 is 5.81. The second kappa shape index (κ2) is 10.8. The quantitative estimate of drug-likeness (QED) is 0.459. The average Bonchev–Trinajstić information content (AvgIpc) is 2.79. The third kappa shape index (κ3) is 6.60. The smallest absolute Gasteiger partial charge is 0.243 e. The van der Waals surface area contributed by atoms with Crippen molar-refractivity contribution in [3.8, 4) is 5.75 Å². The Labute approximate surface area is 182 Å². The van der Waals surface area contributed by atoms with E-state index in [4.69, 9.17) is 4.74 Å². The lowest BCUT2D eigenvalue weighted by Gasteiger charge is -2.14. The number of hydrogen-bond acceptors (Lipinski definition) is 4. The van der Waals surface area contributed by atoms with Gasteiger partial charge in [-0.1, -0.05) is 49.4 Å². The Morgan fingerprint density at radius 2 is 1.58 bits per heavy atom. The van der Waals surface area contributed by atoms with E-state index < -0.39 is 0 Å². The lowest BCUT2D eigenvalue weighted by Crippen LogP contribution is -2.22. The first-order valence-corrected chi connectivity index (χ1v) is 10.2. The standard InChI is InChI=1S/C25H27N3O3/c1-3-24(29)28-23-14-8-13-22(18(23)2)26-16-25(30)27-20-11-7-12-21(15-20)31-17-19-9-5-4-6-10-19/h4-15,26H,3,16-17H2,1-2H3,(H,27,30)(H,28,29). The number of hydrogen-bond donors (Lipinski definition) is 3. The van der Waals surface area contributed by atoms with E-state index in [2.05, 4.69) is 16.0 Å². The van der Waals surface area contributed by atoms with E-state index >= 15 is 0 Å². The Bertz CT molecular complexity index is 1040. The molecule has 2 amide bonds. The fraction of sp³-hybridized carbons (Fsp3) is 0.200. The number of nitrogens with one attached hydrogen (secondary N) is 3. The van der Waals surface area contributed by atoms with Gasteiger partial charge in [0.1, 0.15) is 12.4 Å². The van der Waals surface area contributed by atoms with Crippen LogP contribution in [0.3, 0.4) is 0 Å². The Balaban J connectivity index is 1.54. The number of ether oxygens (including phenoxy) is 1. The molecule has 6 heteroatoms. The van der Waals surface area contributed by atoms with E-state index in [-0.39, 0.29) is 18.4 Å². The van der Waals surface area contributed by atoms with Gasteiger partial charge >= 0.3 is 0 Å². The molecule has 0 radical (unpaired) electrons. The van der Waals surface area contributed by atoms with Crippen LogP contribution in [0.1, 0.15) is 24.5 Å². The fourth-order valence-electron chi connectivity index (χ4n) is 2.99. The van der Waals surface area contributed by atoms with Crippen molar-refractivity contribution in [3.05, 3.63) is 83.9 Å². The fourth-order valence-corrected chi connectivity index (χ4v) is 2.99. The lowest BCUT2D eigenvalue weighted by atomic mass is 10.1. The number of carbonyl (C=O) groups excluding carboxylic acids is 2. The van der Waals surface area contributed by atoms with E-state index in [1.165, 1.54) is 0 Å². The van der Waals surface area contributed by atoms with Crippen molar-refractivity contribution < 1.29 is 14.3 Å². The summed E-state index contributed by atoms with van der Waals surface area (Å²) in [6, 6.07) is 22.8. The minimum atomic E-state index is -0.178. The van der Waals surface area contributed by atoms with Crippen molar-refractivity contribution >= 4 is 28.9 Å². The van der Waals surface area contributed by atoms with Crippen LogP contribution in [-0.4, -0.2) is 18.4 Å². The highest BCUT2D eigenvalue weighted by atomic mass is 16.5. The summed E-state index contributed by atoms with van der Waals surface area (Å²) in [6.07, 6.45) is 0.410. The molecular formula is C25H27N3O3. The molecule has 0 aromatic heterocycles. The molecule has 0 atom stereocenters. The van der Waals surface area contributed by atoms with Crippen LogP contribution in [0.25, 0.3) is 0 Å². The van der Waals surface area contributed by atoms with Gasteiger partial charge in [0, 0.05) is 29.5 Å². The SMILES string of the molecule is CCC(=O)Nc1cccc(NCC(=O)Nc2cccc(OCc3ccccc3)c2)c1C. The molecule has 0 aliphatic heterocycles. The number of anilines is 3. The van der Waals surface area contributed by atoms with Crippen LogP contribution in [0.2, 0.25) is 0 Å². The number of rotatable bonds is 9. The third-order valence-corrected chi connectivity index (χ3v) is 4.73. The molecule has 31 heavy (non-hydrogen) atoms. The third-order valence-electron chi connectivity index (χ3n) is 4.73. The number of carbonyl (C=O) groups is 2. The Morgan fingerprint density at radius 1 is 0.839 bits per heavy atom. The molecule has 6 nitrogen and oxygen atoms in total. The van der Waals surface area contributed by atoms with Crippen LogP contribution in [0.15, 0.2) is 72.8 Å². The van der Waals surface area contributed by atoms with E-state index in [1.807, 2.05) is 73.7 Å². The first-order valence-electron chi connectivity index (χ1n) is 10.2. The minimum Gasteiger partial charge on any atom is -0.489 e. The summed E-state index contributed by atoms with van der Waals surface area (Å²) in [6.45, 7) is 4.27. The first-order chi connectivity index (χ1) is 15.0. The highest BCUT2D eigenvalue weighted by Crippen LogP contribution is 2.23. The maximum Gasteiger partial charge on any atom is 0.243 e. The zero-order valence-electron chi connectivity index (χ0n) is 17.8. The minimum absolute atomic E-state index is 0.0487. The predicted molar refractivity (Wildman–Crippen MR) is 124 cm³/mol. The number of amides is 2. The molecule has 0 saturated heterocycles. The maximum atomic E-state index is 12.4. The summed E-state index contributed by atoms with van der Waals surface area (Å²) in [7, 11) is 0. The van der Waals surface area contributed by atoms with E-state index in [0.29, 0.717) is 24.5 Å². The summed E-state index contributed by atoms with van der Waals surface area (Å²) in [5.41, 5.74) is 4.16. The molecule has 0 saturated carbocycles. The zero-order valence-corrected chi connectivity index (χ0v) is 17.8. The molecule has 160 valence electrons. The Hall–Kier alpha value is -3.80. The molecule has 3 aromatic carbocycles. The largest absolute Gasteiger partial charge is 0.489 e. The molecule has 0 fully saturated rings. The predicted octanol–water partition coefficient (Wildman–Crippen LogP) is 4.97. The normalized spacial score (nSPS) is 10.3. The zero-order chi connectivity index (χ0) is 22.1. The van der Waals surface area contributed by atoms with Crippen molar-refractivity contribution in [1.29, 1.82) is 0 Å². The summed E-state index contributed by atoms with van der Waals surface area (Å²) in [5.74, 6) is 0.458. The summed E-state index contributed by atoms with van der Waals surface area (Å²) >= 11 is 0. The summed E-state index contributed by atoms with van der Waals surface area (Å²) in [4.78, 5) is 24.1. The van der Waals surface area contributed by atoms with Gasteiger partial charge in [-0.25, -0.2) is 0 Å². The molecule has 0 heterocycles. The van der Waals surface area contributed by atoms with Crippen molar-refractivity contribution in [1.82, 2.24) is 0 Å². The van der Waals surface area contributed by atoms with Crippen molar-refractivity contribution in [2.45, 2.75) is 26.9 Å². The number of benzene rings is 3. The molecule has 0 bridgehead atoms. The molecule has 3 rings (SSSR count). The van der Waals surface area contributed by atoms with Gasteiger partial charge in [-0.2, -0.15) is 0 Å². The molecule has 3 N–H and O–H groups in total. The van der Waals surface area contributed by atoms with E-state index in [1.54, 1.807) is 13.0 Å². The highest BCUT2D eigenvalue weighted by molar-refractivity contribution is 5.95. The van der Waals surface area contributed by atoms with Gasteiger partial charge in [-0.05, 0) is 42.3 Å². The molecule has 0 aliphatic carbocycles. The second-order valence-corrected chi connectivity index (χ2v) is 7.08. The van der Waals surface area contributed by atoms with Gasteiger partial charge in [0.05, 0.1) is 6.54 Å². The Morgan fingerprint density at radius 3 is 2.35 bits per heavy atom. The van der Waals surface area contributed by atoms with Crippen LogP contribution < -0.4 is 20.7 Å². The van der Waals surface area contributed by atoms with Gasteiger partial charge in [0.25, 0.3) is 0 Å². The maximum absolute atomic E-state index is 12.4. The van der Waals surface area contributed by atoms with Gasteiger partial charge in [-0.3, -0.25) is 9.59 Å². The van der Waals surface area contributed by atoms with E-state index in [0.717, 1.165) is 22.5 Å². The van der Waals surface area contributed by atoms with Gasteiger partial charge in [0.15, 0.2) is 0 Å². The molecule has 0 aliphatic rings. The highest BCUT2D eigenvalue weighted by Gasteiger charge is 2.09. The average molecular weight is 418 g/mol. The Kier molecular flexibility index (Phi) is 7.65. The van der Waals surface area contributed by atoms with Crippen molar-refractivity contribution in [3.63, 3.8) is 0 Å². The molecule has 3 aromatic rings. The monoisotopic (exact) mass is 417 g/mol. The van der Waals surface area contributed by atoms with E-state index in [9.17, 15) is 9.59 Å². The first kappa shape index (κ1) is 21.9. The van der Waals surface area contributed by atoms with Crippen LogP contribution in [-0.2, 0) is 16.2 Å². The summed E-state index contributed by atoms with van der Waals surface area (Å²) in [5, 5.41) is 8.87.